The summed E-state index contributed by atoms with van der Waals surface area (Å²) in [6.45, 7) is 1.91. The van der Waals surface area contributed by atoms with Gasteiger partial charge in [-0.15, -0.1) is 0 Å². The van der Waals surface area contributed by atoms with Gasteiger partial charge in [0.05, 0.1) is 11.1 Å². The lowest BCUT2D eigenvalue weighted by molar-refractivity contribution is 0.0669. The Bertz CT molecular complexity index is 480. The molecular weight excluding hydrogens is 188 g/mol. The Morgan fingerprint density at radius 1 is 1.40 bits per heavy atom. The Labute approximate surface area is 88.6 Å². The standard InChI is InChI=1S/C12H14N2O/c1-12(15,8-13)10-5-4-9-3-2-6-14-11(9)7-10/h2-7,15H,8,13H2,1H3. The Balaban J connectivity index is 2.56. The fourth-order valence-corrected chi connectivity index (χ4v) is 1.52. The number of hydrogen-bond acceptors (Lipinski definition) is 3. The van der Waals surface area contributed by atoms with Crippen molar-refractivity contribution in [3.05, 3.63) is 42.1 Å². The third-order valence-electron chi connectivity index (χ3n) is 2.63. The summed E-state index contributed by atoms with van der Waals surface area (Å²) < 4.78 is 0. The van der Waals surface area contributed by atoms with Crippen molar-refractivity contribution >= 4 is 10.9 Å². The molecule has 0 aliphatic carbocycles. The average Bonchev–Trinajstić information content (AvgIpc) is 2.28. The van der Waals surface area contributed by atoms with Gasteiger partial charge in [-0.1, -0.05) is 18.2 Å². The van der Waals surface area contributed by atoms with E-state index in [0.717, 1.165) is 16.5 Å². The van der Waals surface area contributed by atoms with Crippen LogP contribution in [0.15, 0.2) is 36.5 Å². The van der Waals surface area contributed by atoms with Crippen LogP contribution in [0.4, 0.5) is 0 Å². The van der Waals surface area contributed by atoms with Crippen LogP contribution >= 0.6 is 0 Å². The molecule has 0 bridgehead atoms. The van der Waals surface area contributed by atoms with E-state index in [-0.39, 0.29) is 6.54 Å². The molecule has 2 aromatic rings. The van der Waals surface area contributed by atoms with Gasteiger partial charge in [0.15, 0.2) is 0 Å². The zero-order valence-electron chi connectivity index (χ0n) is 8.64. The number of benzene rings is 1. The van der Waals surface area contributed by atoms with Gasteiger partial charge in [0.25, 0.3) is 0 Å². The van der Waals surface area contributed by atoms with Gasteiger partial charge in [-0.05, 0) is 24.6 Å². The Morgan fingerprint density at radius 2 is 2.20 bits per heavy atom. The maximum Gasteiger partial charge on any atom is 0.0990 e. The molecule has 0 fully saturated rings. The molecule has 15 heavy (non-hydrogen) atoms. The molecule has 1 unspecified atom stereocenters. The molecule has 0 aliphatic heterocycles. The van der Waals surface area contributed by atoms with E-state index in [1.54, 1.807) is 13.1 Å². The molecule has 3 heteroatoms. The van der Waals surface area contributed by atoms with Gasteiger partial charge in [-0.3, -0.25) is 4.98 Å². The normalized spacial score (nSPS) is 15.1. The third-order valence-corrected chi connectivity index (χ3v) is 2.63. The summed E-state index contributed by atoms with van der Waals surface area (Å²) in [5.41, 5.74) is 6.21. The number of hydrogen-bond donors (Lipinski definition) is 2. The van der Waals surface area contributed by atoms with Gasteiger partial charge in [-0.2, -0.15) is 0 Å². The van der Waals surface area contributed by atoms with Crippen molar-refractivity contribution in [1.82, 2.24) is 4.98 Å². The zero-order chi connectivity index (χ0) is 10.9. The molecule has 3 nitrogen and oxygen atoms in total. The van der Waals surface area contributed by atoms with E-state index in [4.69, 9.17) is 5.73 Å². The van der Waals surface area contributed by atoms with Crippen LogP contribution in [-0.4, -0.2) is 16.6 Å². The van der Waals surface area contributed by atoms with Crippen LogP contribution in [0.3, 0.4) is 0 Å². The second kappa shape index (κ2) is 3.61. The molecule has 0 radical (unpaired) electrons. The van der Waals surface area contributed by atoms with Gasteiger partial charge >= 0.3 is 0 Å². The molecular formula is C12H14N2O. The molecule has 0 amide bonds. The van der Waals surface area contributed by atoms with E-state index < -0.39 is 5.60 Å². The van der Waals surface area contributed by atoms with Crippen LogP contribution < -0.4 is 5.73 Å². The van der Waals surface area contributed by atoms with Crippen LogP contribution in [-0.2, 0) is 5.60 Å². The van der Waals surface area contributed by atoms with Crippen LogP contribution in [0.1, 0.15) is 12.5 Å². The van der Waals surface area contributed by atoms with E-state index >= 15 is 0 Å². The highest BCUT2D eigenvalue weighted by molar-refractivity contribution is 5.79. The quantitative estimate of drug-likeness (QED) is 0.774. The molecule has 78 valence electrons. The van der Waals surface area contributed by atoms with Crippen molar-refractivity contribution in [2.45, 2.75) is 12.5 Å². The van der Waals surface area contributed by atoms with E-state index in [1.807, 2.05) is 30.3 Å². The van der Waals surface area contributed by atoms with Crippen molar-refractivity contribution in [3.63, 3.8) is 0 Å². The van der Waals surface area contributed by atoms with Crippen LogP contribution in [0.25, 0.3) is 10.9 Å². The third kappa shape index (κ3) is 1.84. The lowest BCUT2D eigenvalue weighted by Gasteiger charge is -2.21. The molecule has 0 spiro atoms. The number of nitrogens with zero attached hydrogens (tertiary/aromatic N) is 1. The first-order valence-electron chi connectivity index (χ1n) is 4.91. The lowest BCUT2D eigenvalue weighted by atomic mass is 9.95. The number of pyridine rings is 1. The topological polar surface area (TPSA) is 59.1 Å². The second-order valence-corrected chi connectivity index (χ2v) is 3.89. The molecule has 0 aliphatic rings. The van der Waals surface area contributed by atoms with Gasteiger partial charge in [0.2, 0.25) is 0 Å². The minimum Gasteiger partial charge on any atom is -0.384 e. The van der Waals surface area contributed by atoms with E-state index in [9.17, 15) is 5.11 Å². The van der Waals surface area contributed by atoms with Crippen molar-refractivity contribution in [2.75, 3.05) is 6.54 Å². The Morgan fingerprint density at radius 3 is 2.93 bits per heavy atom. The maximum atomic E-state index is 10.0. The fraction of sp³-hybridized carbons (Fsp3) is 0.250. The van der Waals surface area contributed by atoms with Gasteiger partial charge in [-0.25, -0.2) is 0 Å². The number of rotatable bonds is 2. The Hall–Kier alpha value is -1.45. The van der Waals surface area contributed by atoms with E-state index in [2.05, 4.69) is 4.98 Å². The summed E-state index contributed by atoms with van der Waals surface area (Å²) >= 11 is 0. The van der Waals surface area contributed by atoms with Crippen LogP contribution in [0.5, 0.6) is 0 Å². The molecule has 3 N–H and O–H groups in total. The summed E-state index contributed by atoms with van der Waals surface area (Å²) in [5, 5.41) is 11.1. The first-order chi connectivity index (χ1) is 7.13. The fourth-order valence-electron chi connectivity index (χ4n) is 1.52. The molecule has 0 saturated heterocycles. The summed E-state index contributed by atoms with van der Waals surface area (Å²) in [7, 11) is 0. The predicted molar refractivity (Wildman–Crippen MR) is 60.4 cm³/mol. The molecule has 0 saturated carbocycles. The highest BCUT2D eigenvalue weighted by atomic mass is 16.3. The number of nitrogens with two attached hydrogens (primary N) is 1. The first kappa shape index (κ1) is 10.1. The summed E-state index contributed by atoms with van der Waals surface area (Å²) in [6.07, 6.45) is 1.74. The smallest absolute Gasteiger partial charge is 0.0990 e. The largest absolute Gasteiger partial charge is 0.384 e. The summed E-state index contributed by atoms with van der Waals surface area (Å²) in [4.78, 5) is 4.24. The van der Waals surface area contributed by atoms with Gasteiger partial charge in [0.1, 0.15) is 0 Å². The maximum absolute atomic E-state index is 10.0. The minimum atomic E-state index is -0.980. The van der Waals surface area contributed by atoms with Gasteiger partial charge in [0, 0.05) is 18.1 Å². The van der Waals surface area contributed by atoms with E-state index in [1.165, 1.54) is 0 Å². The Kier molecular flexibility index (Phi) is 2.42. The predicted octanol–water partition coefficient (Wildman–Crippen LogP) is 1.40. The number of fused-ring (bicyclic) bond motifs is 1. The van der Waals surface area contributed by atoms with Crippen LogP contribution in [0, 0.1) is 0 Å². The van der Waals surface area contributed by atoms with E-state index in [0.29, 0.717) is 0 Å². The molecule has 1 atom stereocenters. The summed E-state index contributed by atoms with van der Waals surface area (Å²) in [5.74, 6) is 0. The van der Waals surface area contributed by atoms with Crippen molar-refractivity contribution in [3.8, 4) is 0 Å². The van der Waals surface area contributed by atoms with Crippen molar-refractivity contribution in [1.29, 1.82) is 0 Å². The molecule has 1 aromatic heterocycles. The highest BCUT2D eigenvalue weighted by Gasteiger charge is 2.20. The van der Waals surface area contributed by atoms with Crippen LogP contribution in [0.2, 0.25) is 0 Å². The number of aliphatic hydroxyl groups is 1. The molecule has 1 aromatic carbocycles. The van der Waals surface area contributed by atoms with Crippen molar-refractivity contribution in [2.24, 2.45) is 5.73 Å². The zero-order valence-corrected chi connectivity index (χ0v) is 8.64. The first-order valence-corrected chi connectivity index (χ1v) is 4.91. The SMILES string of the molecule is CC(O)(CN)c1ccc2cccnc2c1. The summed E-state index contributed by atoms with van der Waals surface area (Å²) in [6, 6.07) is 9.59. The minimum absolute atomic E-state index is 0.200. The molecule has 2 rings (SSSR count). The number of aromatic nitrogens is 1. The molecule has 1 heterocycles. The second-order valence-electron chi connectivity index (χ2n) is 3.89. The average molecular weight is 202 g/mol. The highest BCUT2D eigenvalue weighted by Crippen LogP contribution is 2.22. The monoisotopic (exact) mass is 202 g/mol. The van der Waals surface area contributed by atoms with Crippen molar-refractivity contribution < 1.29 is 5.11 Å². The lowest BCUT2D eigenvalue weighted by Crippen LogP contribution is -2.31. The van der Waals surface area contributed by atoms with Gasteiger partial charge < -0.3 is 10.8 Å².